The van der Waals surface area contributed by atoms with Gasteiger partial charge >= 0.3 is 13.9 Å². The maximum absolute atomic E-state index is 12.3. The van der Waals surface area contributed by atoms with Gasteiger partial charge in [0.25, 0.3) is 5.56 Å². The molecule has 0 amide bonds. The van der Waals surface area contributed by atoms with Crippen LogP contribution in [0, 0.1) is 0 Å². The number of nitrogens with zero attached hydrogens (tertiary/aromatic N) is 1. The molecule has 38 heavy (non-hydrogen) atoms. The van der Waals surface area contributed by atoms with Crippen molar-refractivity contribution >= 4 is 8.25 Å². The van der Waals surface area contributed by atoms with Crippen LogP contribution in [-0.4, -0.2) is 51.1 Å². The summed E-state index contributed by atoms with van der Waals surface area (Å²) in [5.74, 6) is 0. The van der Waals surface area contributed by atoms with E-state index in [4.69, 9.17) is 14.0 Å². The van der Waals surface area contributed by atoms with E-state index < -0.39 is 50.7 Å². The lowest BCUT2D eigenvalue weighted by molar-refractivity contribution is -0.0744. The first kappa shape index (κ1) is 32.5. The summed E-state index contributed by atoms with van der Waals surface area (Å²) in [5.41, 5.74) is -1.27. The fourth-order valence-corrected chi connectivity index (χ4v) is 5.15. The Kier molecular flexibility index (Phi) is 16.6. The van der Waals surface area contributed by atoms with Crippen LogP contribution in [0.5, 0.6) is 0 Å². The minimum Gasteiger partial charge on any atom is -0.394 e. The normalized spacial score (nSPS) is 21.9. The highest BCUT2D eigenvalue weighted by Gasteiger charge is 2.51. The Balaban J connectivity index is 1.67. The van der Waals surface area contributed by atoms with Gasteiger partial charge in [-0.2, -0.15) is 0 Å². The summed E-state index contributed by atoms with van der Waals surface area (Å²) in [6.45, 7) is 2.09. The van der Waals surface area contributed by atoms with Crippen molar-refractivity contribution in [3.63, 3.8) is 0 Å². The fourth-order valence-electron chi connectivity index (χ4n) is 4.68. The standard InChI is InChI=1S/C27H45N2O8P/c1-2-3-4-5-6-7-8-9-10-11-12-13-14-15-16-17-20-35-25-24(37-38(33)34)22(21-30)36-26(25)29-19-18-23(31)28-27(29)32/h9-10,18-19,22,24-26,30H,2-8,11-17,20-21H2,1H3,(H-,28,31,32,33,34)/p+1/b10-9-/t22-,24+,25?,26-/m1/s1. The molecule has 0 bridgehead atoms. The highest BCUT2D eigenvalue weighted by Crippen LogP contribution is 2.37. The van der Waals surface area contributed by atoms with Gasteiger partial charge in [-0.05, 0) is 32.1 Å². The van der Waals surface area contributed by atoms with Gasteiger partial charge < -0.3 is 14.6 Å². The number of H-pyrrole nitrogens is 1. The molecule has 11 heteroatoms. The third-order valence-electron chi connectivity index (χ3n) is 6.77. The highest BCUT2D eigenvalue weighted by molar-refractivity contribution is 7.32. The van der Waals surface area contributed by atoms with Crippen molar-refractivity contribution in [1.82, 2.24) is 9.55 Å². The summed E-state index contributed by atoms with van der Waals surface area (Å²) < 4.78 is 29.3. The number of ether oxygens (including phenoxy) is 2. The number of rotatable bonds is 21. The molecule has 2 heterocycles. The molecule has 10 nitrogen and oxygen atoms in total. The molecule has 1 aliphatic rings. The molecule has 0 aromatic carbocycles. The van der Waals surface area contributed by atoms with Crippen molar-refractivity contribution in [3.05, 3.63) is 45.3 Å². The number of aromatic amines is 1. The molecule has 216 valence electrons. The van der Waals surface area contributed by atoms with Gasteiger partial charge in [-0.25, -0.2) is 4.79 Å². The van der Waals surface area contributed by atoms with Crippen LogP contribution in [0.25, 0.3) is 0 Å². The molecule has 5 atom stereocenters. The maximum atomic E-state index is 12.3. The van der Waals surface area contributed by atoms with Crippen LogP contribution in [0.4, 0.5) is 0 Å². The summed E-state index contributed by atoms with van der Waals surface area (Å²) in [5, 5.41) is 9.68. The lowest BCUT2D eigenvalue weighted by atomic mass is 10.1. The van der Waals surface area contributed by atoms with Crippen molar-refractivity contribution < 1.29 is 28.6 Å². The van der Waals surface area contributed by atoms with Gasteiger partial charge in [0.2, 0.25) is 0 Å². The third kappa shape index (κ3) is 12.0. The van der Waals surface area contributed by atoms with Crippen LogP contribution >= 0.6 is 8.25 Å². The van der Waals surface area contributed by atoms with Crippen molar-refractivity contribution in [3.8, 4) is 0 Å². The van der Waals surface area contributed by atoms with Crippen LogP contribution in [0.1, 0.15) is 103 Å². The van der Waals surface area contributed by atoms with Crippen LogP contribution in [0.3, 0.4) is 0 Å². The van der Waals surface area contributed by atoms with Gasteiger partial charge in [0.05, 0.1) is 6.61 Å². The molecular formula is C27H46N2O8P+. The Morgan fingerprint density at radius 2 is 1.58 bits per heavy atom. The van der Waals surface area contributed by atoms with E-state index in [1.54, 1.807) is 0 Å². The molecule has 2 unspecified atom stereocenters. The zero-order valence-corrected chi connectivity index (χ0v) is 23.6. The summed E-state index contributed by atoms with van der Waals surface area (Å²) in [6.07, 6.45) is 18.6. The largest absolute Gasteiger partial charge is 0.695 e. The quantitative estimate of drug-likeness (QED) is 0.110. The monoisotopic (exact) mass is 557 g/mol. The Morgan fingerprint density at radius 3 is 2.16 bits per heavy atom. The third-order valence-corrected chi connectivity index (χ3v) is 7.19. The first-order valence-electron chi connectivity index (χ1n) is 14.1. The molecule has 3 N–H and O–H groups in total. The van der Waals surface area contributed by atoms with E-state index in [9.17, 15) is 24.2 Å². The molecule has 1 aromatic heterocycles. The van der Waals surface area contributed by atoms with E-state index in [0.717, 1.165) is 36.7 Å². The van der Waals surface area contributed by atoms with E-state index in [2.05, 4.69) is 24.1 Å². The van der Waals surface area contributed by atoms with Gasteiger partial charge in [0.1, 0.15) is 12.2 Å². The first-order valence-corrected chi connectivity index (χ1v) is 15.3. The predicted molar refractivity (Wildman–Crippen MR) is 146 cm³/mol. The van der Waals surface area contributed by atoms with Crippen LogP contribution in [-0.2, 0) is 18.6 Å². The Morgan fingerprint density at radius 1 is 0.974 bits per heavy atom. The van der Waals surface area contributed by atoms with E-state index >= 15 is 0 Å². The highest BCUT2D eigenvalue weighted by atomic mass is 31.1. The minimum atomic E-state index is -2.98. The fraction of sp³-hybridized carbons (Fsp3) is 0.778. The number of aromatic nitrogens is 2. The molecule has 1 saturated heterocycles. The summed E-state index contributed by atoms with van der Waals surface area (Å²) in [6, 6.07) is 1.17. The minimum absolute atomic E-state index is 0.337. The summed E-state index contributed by atoms with van der Waals surface area (Å²) in [4.78, 5) is 35.2. The average Bonchev–Trinajstić information content (AvgIpc) is 3.22. The van der Waals surface area contributed by atoms with Gasteiger partial charge in [-0.1, -0.05) is 76.9 Å². The zero-order chi connectivity index (χ0) is 27.6. The van der Waals surface area contributed by atoms with Gasteiger partial charge in [-0.3, -0.25) is 14.3 Å². The number of hydrogen-bond acceptors (Lipinski definition) is 7. The lowest BCUT2D eigenvalue weighted by Crippen LogP contribution is -2.40. The van der Waals surface area contributed by atoms with E-state index in [1.165, 1.54) is 70.1 Å². The Hall–Kier alpha value is -1.68. The second-order valence-corrected chi connectivity index (χ2v) is 10.5. The molecule has 1 aromatic rings. The SMILES string of the molecule is CCCCCCCC/C=C\CCCCCCCCOC1[C@@H](O[P+](=O)O)[C@@H](CO)O[C@H]1n1ccc(=O)[nH]c1=O. The van der Waals surface area contributed by atoms with Gasteiger partial charge in [-0.15, -0.1) is 9.42 Å². The maximum Gasteiger partial charge on any atom is 0.695 e. The van der Waals surface area contributed by atoms with Gasteiger partial charge in [0.15, 0.2) is 12.3 Å². The number of aliphatic hydroxyl groups is 1. The van der Waals surface area contributed by atoms with Crippen LogP contribution in [0.15, 0.2) is 34.0 Å². The number of nitrogens with one attached hydrogen (secondary N) is 1. The molecule has 2 rings (SSSR count). The van der Waals surface area contributed by atoms with Crippen molar-refractivity contribution in [2.24, 2.45) is 0 Å². The number of allylic oxidation sites excluding steroid dienone is 2. The van der Waals surface area contributed by atoms with E-state index in [0.29, 0.717) is 6.61 Å². The number of aliphatic hydroxyl groups excluding tert-OH is 1. The first-order chi connectivity index (χ1) is 18.5. The average molecular weight is 558 g/mol. The molecule has 0 radical (unpaired) electrons. The molecule has 1 aliphatic heterocycles. The second-order valence-electron chi connectivity index (χ2n) is 9.85. The zero-order valence-electron chi connectivity index (χ0n) is 22.7. The second kappa shape index (κ2) is 19.4. The number of hydrogen-bond donors (Lipinski definition) is 3. The molecule has 0 saturated carbocycles. The lowest BCUT2D eigenvalue weighted by Gasteiger charge is -2.22. The van der Waals surface area contributed by atoms with Gasteiger partial charge in [0, 0.05) is 23.4 Å². The van der Waals surface area contributed by atoms with Crippen molar-refractivity contribution in [2.45, 2.75) is 121 Å². The summed E-state index contributed by atoms with van der Waals surface area (Å²) >= 11 is 0. The molecule has 1 fully saturated rings. The number of unbranched alkanes of at least 4 members (excludes halogenated alkanes) is 12. The van der Waals surface area contributed by atoms with Crippen LogP contribution < -0.4 is 11.2 Å². The summed E-state index contributed by atoms with van der Waals surface area (Å²) in [7, 11) is -2.98. The molecule has 0 spiro atoms. The molecule has 0 aliphatic carbocycles. The Labute approximate surface area is 226 Å². The van der Waals surface area contributed by atoms with Crippen molar-refractivity contribution in [1.29, 1.82) is 0 Å². The Bertz CT molecular complexity index is 934. The molecular weight excluding hydrogens is 511 g/mol. The van der Waals surface area contributed by atoms with Crippen molar-refractivity contribution in [2.75, 3.05) is 13.2 Å². The topological polar surface area (TPSA) is 140 Å². The van der Waals surface area contributed by atoms with E-state index in [1.807, 2.05) is 0 Å². The predicted octanol–water partition coefficient (Wildman–Crippen LogP) is 4.88. The van der Waals surface area contributed by atoms with Crippen LogP contribution in [0.2, 0.25) is 0 Å². The van der Waals surface area contributed by atoms with E-state index in [-0.39, 0.29) is 0 Å². The smallest absolute Gasteiger partial charge is 0.394 e.